The van der Waals surface area contributed by atoms with Crippen molar-refractivity contribution in [3.05, 3.63) is 29.8 Å². The summed E-state index contributed by atoms with van der Waals surface area (Å²) in [5.74, 6) is 0.0846. The molecule has 0 saturated carbocycles. The highest BCUT2D eigenvalue weighted by molar-refractivity contribution is 5.81. The Morgan fingerprint density at radius 1 is 1.22 bits per heavy atom. The van der Waals surface area contributed by atoms with Gasteiger partial charge in [-0.2, -0.15) is 0 Å². The van der Waals surface area contributed by atoms with Gasteiger partial charge in [-0.25, -0.2) is 0 Å². The monoisotopic (exact) mass is 321 g/mol. The Morgan fingerprint density at radius 3 is 2.43 bits per heavy atom. The van der Waals surface area contributed by atoms with Gasteiger partial charge in [0.15, 0.2) is 0 Å². The molecule has 5 nitrogen and oxygen atoms in total. The first-order valence-corrected chi connectivity index (χ1v) is 7.95. The highest BCUT2D eigenvalue weighted by Gasteiger charge is 2.20. The molecule has 0 heterocycles. The van der Waals surface area contributed by atoms with E-state index in [0.717, 1.165) is 17.7 Å². The van der Waals surface area contributed by atoms with Crippen LogP contribution in [0.5, 0.6) is 5.75 Å². The molecule has 0 fully saturated rings. The molecule has 1 atom stereocenters. The lowest BCUT2D eigenvalue weighted by Crippen LogP contribution is -2.39. The van der Waals surface area contributed by atoms with Crippen LogP contribution in [0.1, 0.15) is 32.8 Å². The summed E-state index contributed by atoms with van der Waals surface area (Å²) in [6.45, 7) is 6.17. The van der Waals surface area contributed by atoms with Crippen molar-refractivity contribution >= 4 is 11.9 Å². The summed E-state index contributed by atoms with van der Waals surface area (Å²) in [7, 11) is 1.63. The van der Waals surface area contributed by atoms with Gasteiger partial charge in [0.25, 0.3) is 0 Å². The molecule has 0 bridgehead atoms. The van der Waals surface area contributed by atoms with Gasteiger partial charge in [0.05, 0.1) is 7.11 Å². The predicted octanol–water partition coefficient (Wildman–Crippen LogP) is 2.83. The van der Waals surface area contributed by atoms with Crippen LogP contribution >= 0.6 is 0 Å². The quantitative estimate of drug-likeness (QED) is 0.759. The second kappa shape index (κ2) is 9.18. The van der Waals surface area contributed by atoms with Gasteiger partial charge in [-0.15, -0.1) is 0 Å². The number of ether oxygens (including phenoxy) is 1. The second-order valence-electron chi connectivity index (χ2n) is 6.39. The zero-order valence-electron chi connectivity index (χ0n) is 14.4. The molecule has 0 aliphatic heterocycles. The van der Waals surface area contributed by atoms with E-state index in [9.17, 15) is 9.59 Å². The van der Waals surface area contributed by atoms with Gasteiger partial charge in [0.1, 0.15) is 12.3 Å². The molecule has 1 rings (SSSR count). The summed E-state index contributed by atoms with van der Waals surface area (Å²) in [5.41, 5.74) is 1.06. The summed E-state index contributed by atoms with van der Waals surface area (Å²) in [6.07, 6.45) is 1.05. The van der Waals surface area contributed by atoms with E-state index >= 15 is 0 Å². The molecule has 0 aromatic heterocycles. The number of methoxy groups -OCH3 is 1. The van der Waals surface area contributed by atoms with Gasteiger partial charge in [-0.05, 0) is 29.9 Å². The summed E-state index contributed by atoms with van der Waals surface area (Å²) < 4.78 is 5.33. The molecule has 5 heteroatoms. The predicted molar refractivity (Wildman–Crippen MR) is 89.5 cm³/mol. The van der Waals surface area contributed by atoms with Crippen molar-refractivity contribution in [3.8, 4) is 5.75 Å². The van der Waals surface area contributed by atoms with E-state index in [2.05, 4.69) is 0 Å². The normalized spacial score (nSPS) is 12.0. The van der Waals surface area contributed by atoms with E-state index < -0.39 is 5.97 Å². The van der Waals surface area contributed by atoms with E-state index in [1.807, 2.05) is 45.0 Å². The van der Waals surface area contributed by atoms with Crippen LogP contribution in [0.2, 0.25) is 0 Å². The van der Waals surface area contributed by atoms with Gasteiger partial charge in [0, 0.05) is 13.0 Å². The first-order valence-electron chi connectivity index (χ1n) is 7.95. The van der Waals surface area contributed by atoms with E-state index in [-0.39, 0.29) is 24.3 Å². The van der Waals surface area contributed by atoms with Crippen molar-refractivity contribution < 1.29 is 19.4 Å². The lowest BCUT2D eigenvalue weighted by molar-refractivity contribution is -0.145. The molecule has 0 aliphatic rings. The summed E-state index contributed by atoms with van der Waals surface area (Å²) in [5, 5.41) is 8.97. The van der Waals surface area contributed by atoms with Gasteiger partial charge in [-0.1, -0.05) is 39.0 Å². The van der Waals surface area contributed by atoms with Crippen LogP contribution in [-0.4, -0.2) is 42.1 Å². The molecule has 23 heavy (non-hydrogen) atoms. The molecule has 0 radical (unpaired) electrons. The fraction of sp³-hybridized carbons (Fsp3) is 0.556. The molecule has 128 valence electrons. The number of carboxylic acid groups (broad SMARTS) is 1. The molecule has 1 amide bonds. The molecule has 0 saturated heterocycles. The zero-order valence-corrected chi connectivity index (χ0v) is 14.4. The smallest absolute Gasteiger partial charge is 0.323 e. The van der Waals surface area contributed by atoms with E-state index in [4.69, 9.17) is 9.84 Å². The van der Waals surface area contributed by atoms with E-state index in [0.29, 0.717) is 13.0 Å². The average molecular weight is 321 g/mol. The molecule has 0 aliphatic carbocycles. The molecule has 1 aromatic rings. The maximum Gasteiger partial charge on any atom is 0.323 e. The third-order valence-corrected chi connectivity index (χ3v) is 3.55. The highest BCUT2D eigenvalue weighted by atomic mass is 16.5. The largest absolute Gasteiger partial charge is 0.496 e. The average Bonchev–Trinajstić information content (AvgIpc) is 2.46. The Kier molecular flexibility index (Phi) is 7.59. The van der Waals surface area contributed by atoms with Crippen LogP contribution < -0.4 is 4.74 Å². The van der Waals surface area contributed by atoms with Crippen molar-refractivity contribution in [1.82, 2.24) is 4.90 Å². The topological polar surface area (TPSA) is 66.8 Å². The van der Waals surface area contributed by atoms with Crippen LogP contribution in [0.15, 0.2) is 24.3 Å². The van der Waals surface area contributed by atoms with E-state index in [1.54, 1.807) is 7.11 Å². The Balaban J connectivity index is 2.67. The van der Waals surface area contributed by atoms with Gasteiger partial charge in [-0.3, -0.25) is 9.59 Å². The second-order valence-corrected chi connectivity index (χ2v) is 6.39. The first kappa shape index (κ1) is 19.0. The molecule has 1 unspecified atom stereocenters. The van der Waals surface area contributed by atoms with Crippen molar-refractivity contribution in [2.75, 3.05) is 20.2 Å². The summed E-state index contributed by atoms with van der Waals surface area (Å²) in [6, 6.07) is 7.75. The number of benzene rings is 1. The molecular formula is C18H27NO4. The highest BCUT2D eigenvalue weighted by Crippen LogP contribution is 2.22. The van der Waals surface area contributed by atoms with Crippen LogP contribution in [0.3, 0.4) is 0 Å². The third kappa shape index (κ3) is 6.72. The zero-order chi connectivity index (χ0) is 17.4. The minimum atomic E-state index is -0.976. The summed E-state index contributed by atoms with van der Waals surface area (Å²) >= 11 is 0. The van der Waals surface area contributed by atoms with Crippen molar-refractivity contribution in [3.63, 3.8) is 0 Å². The lowest BCUT2D eigenvalue weighted by Gasteiger charge is -2.24. The van der Waals surface area contributed by atoms with Crippen LogP contribution in [0.25, 0.3) is 0 Å². The Labute approximate surface area is 138 Å². The fourth-order valence-electron chi connectivity index (χ4n) is 2.60. The molecule has 0 spiro atoms. The van der Waals surface area contributed by atoms with Gasteiger partial charge < -0.3 is 14.7 Å². The van der Waals surface area contributed by atoms with Crippen LogP contribution in [0.4, 0.5) is 0 Å². The fourth-order valence-corrected chi connectivity index (χ4v) is 2.60. The SMILES string of the molecule is COc1ccccc1CC(C)CC(=O)N(CC(=O)O)CC(C)C. The minimum Gasteiger partial charge on any atom is -0.496 e. The number of aliphatic carboxylic acids is 1. The maximum atomic E-state index is 12.4. The number of carbonyl (C=O) groups excluding carboxylic acids is 1. The van der Waals surface area contributed by atoms with Crippen molar-refractivity contribution in [2.45, 2.75) is 33.6 Å². The lowest BCUT2D eigenvalue weighted by atomic mass is 9.96. The van der Waals surface area contributed by atoms with E-state index in [1.165, 1.54) is 4.90 Å². The number of para-hydroxylation sites is 1. The number of rotatable bonds is 9. The number of carbonyl (C=O) groups is 2. The Morgan fingerprint density at radius 2 is 1.87 bits per heavy atom. The third-order valence-electron chi connectivity index (χ3n) is 3.55. The number of hydrogen-bond acceptors (Lipinski definition) is 3. The standard InChI is InChI=1S/C18H27NO4/c1-13(2)11-19(12-18(21)22)17(20)10-14(3)9-15-7-5-6-8-16(15)23-4/h5-8,13-14H,9-12H2,1-4H3,(H,21,22). The molecule has 1 aromatic carbocycles. The van der Waals surface area contributed by atoms with Crippen molar-refractivity contribution in [1.29, 1.82) is 0 Å². The number of hydrogen-bond donors (Lipinski definition) is 1. The number of amides is 1. The summed E-state index contributed by atoms with van der Waals surface area (Å²) in [4.78, 5) is 24.8. The van der Waals surface area contributed by atoms with Crippen LogP contribution in [0, 0.1) is 11.8 Å². The maximum absolute atomic E-state index is 12.4. The van der Waals surface area contributed by atoms with Gasteiger partial charge in [0.2, 0.25) is 5.91 Å². The van der Waals surface area contributed by atoms with Crippen LogP contribution in [-0.2, 0) is 16.0 Å². The van der Waals surface area contributed by atoms with Gasteiger partial charge >= 0.3 is 5.97 Å². The minimum absolute atomic E-state index is 0.108. The van der Waals surface area contributed by atoms with Crippen molar-refractivity contribution in [2.24, 2.45) is 11.8 Å². The number of carboxylic acids is 1. The first-order chi connectivity index (χ1) is 10.8. The number of nitrogens with zero attached hydrogens (tertiary/aromatic N) is 1. The Bertz CT molecular complexity index is 528. The molecular weight excluding hydrogens is 294 g/mol. The molecule has 1 N–H and O–H groups in total. The Hall–Kier alpha value is -2.04.